The Morgan fingerprint density at radius 2 is 1.82 bits per heavy atom. The molecule has 5 rings (SSSR count). The second-order valence-corrected chi connectivity index (χ2v) is 8.87. The first-order valence-corrected chi connectivity index (χ1v) is 10.8. The summed E-state index contributed by atoms with van der Waals surface area (Å²) in [4.78, 5) is 30.8. The fourth-order valence-corrected chi connectivity index (χ4v) is 4.95. The van der Waals surface area contributed by atoms with E-state index in [4.69, 9.17) is 0 Å². The fraction of sp³-hybridized carbons (Fsp3) is 0.364. The van der Waals surface area contributed by atoms with E-state index >= 15 is 0 Å². The van der Waals surface area contributed by atoms with Gasteiger partial charge in [0.1, 0.15) is 0 Å². The predicted molar refractivity (Wildman–Crippen MR) is 112 cm³/mol. The number of fused-ring (bicyclic) bond motifs is 1. The molecule has 1 aromatic carbocycles. The number of likely N-dealkylation sites (tertiary alicyclic amines) is 1. The molecule has 1 aliphatic heterocycles. The van der Waals surface area contributed by atoms with Gasteiger partial charge in [0.2, 0.25) is 5.91 Å². The van der Waals surface area contributed by atoms with Crippen LogP contribution < -0.4 is 5.32 Å². The van der Waals surface area contributed by atoms with Gasteiger partial charge >= 0.3 is 0 Å². The van der Waals surface area contributed by atoms with Gasteiger partial charge in [0.25, 0.3) is 5.91 Å². The molecule has 2 fully saturated rings. The van der Waals surface area contributed by atoms with Crippen LogP contribution in [0.3, 0.4) is 0 Å². The number of hydrogen-bond acceptors (Lipinski definition) is 3. The summed E-state index contributed by atoms with van der Waals surface area (Å²) in [6.07, 6.45) is 6.04. The number of piperidine rings is 1. The molecule has 6 heteroatoms. The lowest BCUT2D eigenvalue weighted by Crippen LogP contribution is -2.37. The van der Waals surface area contributed by atoms with E-state index in [9.17, 15) is 9.59 Å². The second-order valence-electron chi connectivity index (χ2n) is 7.78. The average Bonchev–Trinajstić information content (AvgIpc) is 3.34. The van der Waals surface area contributed by atoms with Crippen molar-refractivity contribution in [3.63, 3.8) is 0 Å². The van der Waals surface area contributed by atoms with E-state index in [-0.39, 0.29) is 17.7 Å². The summed E-state index contributed by atoms with van der Waals surface area (Å²) in [5, 5.41) is 5.00. The Labute approximate surface area is 167 Å². The number of carbonyl (C=O) groups excluding carboxylic acids is 2. The summed E-state index contributed by atoms with van der Waals surface area (Å²) in [6, 6.07) is 12.1. The number of para-hydroxylation sites is 1. The molecule has 3 aromatic rings. The molecule has 1 saturated heterocycles. The van der Waals surface area contributed by atoms with Crippen LogP contribution in [0.4, 0.5) is 5.00 Å². The number of nitrogens with one attached hydrogen (secondary N) is 2. The molecular weight excluding hydrogens is 370 g/mol. The van der Waals surface area contributed by atoms with Gasteiger partial charge in [0.05, 0.1) is 9.88 Å². The van der Waals surface area contributed by atoms with Crippen LogP contribution in [0.25, 0.3) is 10.9 Å². The van der Waals surface area contributed by atoms with Crippen LogP contribution in [-0.4, -0.2) is 34.8 Å². The van der Waals surface area contributed by atoms with Crippen LogP contribution in [0.5, 0.6) is 0 Å². The number of benzene rings is 1. The van der Waals surface area contributed by atoms with Gasteiger partial charge in [-0.25, -0.2) is 0 Å². The number of aromatic nitrogens is 1. The van der Waals surface area contributed by atoms with E-state index in [0.717, 1.165) is 43.8 Å². The maximum atomic E-state index is 12.9. The summed E-state index contributed by atoms with van der Waals surface area (Å²) in [7, 11) is 0. The average molecular weight is 394 g/mol. The van der Waals surface area contributed by atoms with Crippen LogP contribution in [0.15, 0.2) is 42.6 Å². The molecule has 0 atom stereocenters. The normalized spacial score (nSPS) is 17.8. The van der Waals surface area contributed by atoms with Gasteiger partial charge in [-0.3, -0.25) is 9.59 Å². The molecule has 0 radical (unpaired) electrons. The second kappa shape index (κ2) is 7.09. The Morgan fingerprint density at radius 3 is 2.61 bits per heavy atom. The summed E-state index contributed by atoms with van der Waals surface area (Å²) >= 11 is 1.38. The van der Waals surface area contributed by atoms with Crippen LogP contribution in [0, 0.1) is 5.92 Å². The predicted octanol–water partition coefficient (Wildman–Crippen LogP) is 4.60. The van der Waals surface area contributed by atoms with E-state index in [1.807, 2.05) is 23.1 Å². The number of aromatic amines is 1. The standard InChI is InChI=1S/C22H23N3O2S/c26-21(15-5-6-15)24-20-8-7-19(28-20)22(27)25-11-9-14(10-12-25)17-13-23-18-4-2-1-3-16(17)18/h1-4,7-8,13-15,23H,5-6,9-12H2,(H,24,26). The number of carbonyl (C=O) groups is 2. The topological polar surface area (TPSA) is 65.2 Å². The molecule has 2 amide bonds. The molecular formula is C22H23N3O2S. The van der Waals surface area contributed by atoms with Gasteiger partial charge in [-0.15, -0.1) is 11.3 Å². The Hall–Kier alpha value is -2.60. The highest BCUT2D eigenvalue weighted by Gasteiger charge is 2.30. The zero-order valence-electron chi connectivity index (χ0n) is 15.6. The van der Waals surface area contributed by atoms with Gasteiger partial charge in [-0.2, -0.15) is 0 Å². The fourth-order valence-electron chi connectivity index (χ4n) is 4.07. The zero-order chi connectivity index (χ0) is 19.1. The van der Waals surface area contributed by atoms with E-state index in [2.05, 4.69) is 34.7 Å². The Kier molecular flexibility index (Phi) is 4.43. The van der Waals surface area contributed by atoms with Crippen molar-refractivity contribution in [1.29, 1.82) is 0 Å². The van der Waals surface area contributed by atoms with E-state index in [1.165, 1.54) is 27.8 Å². The molecule has 1 saturated carbocycles. The minimum atomic E-state index is 0.0781. The largest absolute Gasteiger partial charge is 0.361 e. The van der Waals surface area contributed by atoms with Gasteiger partial charge < -0.3 is 15.2 Å². The Morgan fingerprint density at radius 1 is 1.04 bits per heavy atom. The van der Waals surface area contributed by atoms with Crippen molar-refractivity contribution >= 4 is 39.1 Å². The third-order valence-electron chi connectivity index (χ3n) is 5.85. The molecule has 0 unspecified atom stereocenters. The first-order chi connectivity index (χ1) is 13.7. The number of anilines is 1. The van der Waals surface area contributed by atoms with Crippen LogP contribution in [-0.2, 0) is 4.79 Å². The summed E-state index contributed by atoms with van der Waals surface area (Å²) in [6.45, 7) is 1.54. The third kappa shape index (κ3) is 3.33. The lowest BCUT2D eigenvalue weighted by molar-refractivity contribution is -0.117. The molecule has 1 aliphatic carbocycles. The van der Waals surface area contributed by atoms with Gasteiger partial charge in [-0.1, -0.05) is 18.2 Å². The van der Waals surface area contributed by atoms with Gasteiger partial charge in [0, 0.05) is 36.1 Å². The van der Waals surface area contributed by atoms with Gasteiger partial charge in [-0.05, 0) is 55.4 Å². The van der Waals surface area contributed by atoms with Crippen molar-refractivity contribution in [3.8, 4) is 0 Å². The van der Waals surface area contributed by atoms with Gasteiger partial charge in [0.15, 0.2) is 0 Å². The van der Waals surface area contributed by atoms with E-state index in [1.54, 1.807) is 0 Å². The van der Waals surface area contributed by atoms with Crippen LogP contribution >= 0.6 is 11.3 Å². The molecule has 0 bridgehead atoms. The smallest absolute Gasteiger partial charge is 0.263 e. The minimum absolute atomic E-state index is 0.0781. The lowest BCUT2D eigenvalue weighted by Gasteiger charge is -2.31. The van der Waals surface area contributed by atoms with Crippen LogP contribution in [0.1, 0.15) is 46.8 Å². The van der Waals surface area contributed by atoms with Crippen LogP contribution in [0.2, 0.25) is 0 Å². The molecule has 2 N–H and O–H groups in total. The van der Waals surface area contributed by atoms with Crippen molar-refractivity contribution in [2.45, 2.75) is 31.6 Å². The van der Waals surface area contributed by atoms with Crippen molar-refractivity contribution in [3.05, 3.63) is 53.0 Å². The van der Waals surface area contributed by atoms with Crippen molar-refractivity contribution in [2.75, 3.05) is 18.4 Å². The Balaban J connectivity index is 1.22. The quantitative estimate of drug-likeness (QED) is 0.680. The molecule has 0 spiro atoms. The van der Waals surface area contributed by atoms with E-state index in [0.29, 0.717) is 10.8 Å². The summed E-state index contributed by atoms with van der Waals surface area (Å²) in [5.74, 6) is 0.816. The first kappa shape index (κ1) is 17.5. The molecule has 144 valence electrons. The number of H-pyrrole nitrogens is 1. The molecule has 3 heterocycles. The number of hydrogen-bond donors (Lipinski definition) is 2. The number of rotatable bonds is 4. The SMILES string of the molecule is O=C(Nc1ccc(C(=O)N2CCC(c3c[nH]c4ccccc34)CC2)s1)C1CC1. The summed E-state index contributed by atoms with van der Waals surface area (Å²) in [5.41, 5.74) is 2.54. The highest BCUT2D eigenvalue weighted by molar-refractivity contribution is 7.18. The van der Waals surface area contributed by atoms with Crippen molar-refractivity contribution in [2.24, 2.45) is 5.92 Å². The summed E-state index contributed by atoms with van der Waals surface area (Å²) < 4.78 is 0. The highest BCUT2D eigenvalue weighted by atomic mass is 32.1. The van der Waals surface area contributed by atoms with Crippen molar-refractivity contribution in [1.82, 2.24) is 9.88 Å². The number of amides is 2. The number of thiophene rings is 1. The first-order valence-electron chi connectivity index (χ1n) is 9.95. The monoisotopic (exact) mass is 393 g/mol. The Bertz CT molecular complexity index is 1030. The lowest BCUT2D eigenvalue weighted by atomic mass is 9.89. The zero-order valence-corrected chi connectivity index (χ0v) is 16.4. The van der Waals surface area contributed by atoms with E-state index < -0.39 is 0 Å². The van der Waals surface area contributed by atoms with Crippen molar-refractivity contribution < 1.29 is 9.59 Å². The molecule has 2 aromatic heterocycles. The number of nitrogens with zero attached hydrogens (tertiary/aromatic N) is 1. The third-order valence-corrected chi connectivity index (χ3v) is 6.84. The highest BCUT2D eigenvalue weighted by Crippen LogP contribution is 2.35. The molecule has 2 aliphatic rings. The minimum Gasteiger partial charge on any atom is -0.361 e. The molecule has 28 heavy (non-hydrogen) atoms. The maximum Gasteiger partial charge on any atom is 0.263 e. The maximum absolute atomic E-state index is 12.9. The molecule has 5 nitrogen and oxygen atoms in total.